The molecule has 3 N–H and O–H groups in total. The number of aryl methyl sites for hydroxylation is 1. The minimum atomic E-state index is -4.49. The minimum absolute atomic E-state index is 0.0576. The van der Waals surface area contributed by atoms with Gasteiger partial charge in [-0.1, -0.05) is 19.8 Å². The molecule has 3 heterocycles. The first-order chi connectivity index (χ1) is 18.0. The smallest absolute Gasteiger partial charge is 0.344 e. The molecule has 9 nitrogen and oxygen atoms in total. The van der Waals surface area contributed by atoms with Gasteiger partial charge in [-0.05, 0) is 68.2 Å². The molecular weight excluding hydrogens is 501 g/mol. The molecule has 2 aliphatic rings. The summed E-state index contributed by atoms with van der Waals surface area (Å²) in [5.41, 5.74) is 0.943. The van der Waals surface area contributed by atoms with Crippen LogP contribution in [0.15, 0.2) is 30.6 Å². The maximum Gasteiger partial charge on any atom is 0.408 e. The Bertz CT molecular complexity index is 1160. The van der Waals surface area contributed by atoms with Gasteiger partial charge in [0.2, 0.25) is 11.8 Å². The van der Waals surface area contributed by atoms with E-state index in [1.54, 1.807) is 22.9 Å². The molecule has 4 rings (SSSR count). The van der Waals surface area contributed by atoms with Crippen molar-refractivity contribution in [2.75, 3.05) is 5.32 Å². The molecule has 0 bridgehead atoms. The average molecular weight is 535 g/mol. The molecule has 2 fully saturated rings. The maximum atomic E-state index is 13.4. The van der Waals surface area contributed by atoms with E-state index in [4.69, 9.17) is 0 Å². The molecule has 0 spiro atoms. The first-order valence-corrected chi connectivity index (χ1v) is 13.0. The first-order valence-electron chi connectivity index (χ1n) is 13.0. The van der Waals surface area contributed by atoms with Crippen molar-refractivity contribution in [3.8, 4) is 0 Å². The van der Waals surface area contributed by atoms with E-state index >= 15 is 0 Å². The first kappa shape index (κ1) is 27.6. The average Bonchev–Trinajstić information content (AvgIpc) is 3.50. The fraction of sp³-hybridized carbons (Fsp3) is 0.577. The minimum Gasteiger partial charge on any atom is -0.344 e. The monoisotopic (exact) mass is 534 g/mol. The van der Waals surface area contributed by atoms with Crippen molar-refractivity contribution in [1.82, 2.24) is 25.4 Å². The SMILES string of the molecule is CCn1nccc1C(=O)N[C@H](C(=O)Nc1cc(C[C@H]2C[C@@H](C(F)(F)F)NC2=O)ccn1)C1CCC(C)CC1. The largest absolute Gasteiger partial charge is 0.408 e. The lowest BCUT2D eigenvalue weighted by molar-refractivity contribution is -0.154. The summed E-state index contributed by atoms with van der Waals surface area (Å²) in [6.45, 7) is 4.54. The molecule has 1 aliphatic carbocycles. The van der Waals surface area contributed by atoms with Gasteiger partial charge in [0.1, 0.15) is 23.6 Å². The second-order valence-electron chi connectivity index (χ2n) is 10.3. The van der Waals surface area contributed by atoms with Crippen LogP contribution in [0.4, 0.5) is 19.0 Å². The predicted octanol–water partition coefficient (Wildman–Crippen LogP) is 3.47. The quantitative estimate of drug-likeness (QED) is 0.479. The third-order valence-corrected chi connectivity index (χ3v) is 7.51. The van der Waals surface area contributed by atoms with Crippen molar-refractivity contribution in [3.63, 3.8) is 0 Å². The lowest BCUT2D eigenvalue weighted by Gasteiger charge is -2.32. The van der Waals surface area contributed by atoms with E-state index in [1.165, 1.54) is 12.4 Å². The summed E-state index contributed by atoms with van der Waals surface area (Å²) in [6.07, 6.45) is 1.71. The Morgan fingerprint density at radius 1 is 1.18 bits per heavy atom. The predicted molar refractivity (Wildman–Crippen MR) is 133 cm³/mol. The van der Waals surface area contributed by atoms with Crippen LogP contribution >= 0.6 is 0 Å². The van der Waals surface area contributed by atoms with E-state index in [-0.39, 0.29) is 24.6 Å². The summed E-state index contributed by atoms with van der Waals surface area (Å²) in [7, 11) is 0. The Morgan fingerprint density at radius 3 is 2.58 bits per heavy atom. The summed E-state index contributed by atoms with van der Waals surface area (Å²) in [6, 6.07) is 2.11. The van der Waals surface area contributed by atoms with Gasteiger partial charge in [0, 0.05) is 24.9 Å². The summed E-state index contributed by atoms with van der Waals surface area (Å²) < 4.78 is 40.6. The molecule has 2 aromatic rings. The number of nitrogens with zero attached hydrogens (tertiary/aromatic N) is 3. The molecular formula is C26H33F3N6O3. The van der Waals surface area contributed by atoms with Gasteiger partial charge >= 0.3 is 6.18 Å². The van der Waals surface area contributed by atoms with Crippen LogP contribution in [0.2, 0.25) is 0 Å². The molecule has 12 heteroatoms. The molecule has 1 saturated heterocycles. The normalized spacial score (nSPS) is 24.5. The van der Waals surface area contributed by atoms with E-state index in [0.717, 1.165) is 25.7 Å². The summed E-state index contributed by atoms with van der Waals surface area (Å²) in [5.74, 6) is -1.58. The van der Waals surface area contributed by atoms with Crippen LogP contribution < -0.4 is 16.0 Å². The number of aromatic nitrogens is 3. The molecule has 0 aromatic carbocycles. The highest BCUT2D eigenvalue weighted by Gasteiger charge is 2.47. The Hall–Kier alpha value is -3.44. The van der Waals surface area contributed by atoms with Gasteiger partial charge in [-0.2, -0.15) is 18.3 Å². The number of hydrogen-bond donors (Lipinski definition) is 3. The van der Waals surface area contributed by atoms with Crippen LogP contribution in [0.3, 0.4) is 0 Å². The number of rotatable bonds is 8. The number of anilines is 1. The number of alkyl halides is 3. The highest BCUT2D eigenvalue weighted by Crippen LogP contribution is 2.32. The van der Waals surface area contributed by atoms with Crippen molar-refractivity contribution >= 4 is 23.5 Å². The Labute approximate surface area is 219 Å². The lowest BCUT2D eigenvalue weighted by atomic mass is 9.79. The van der Waals surface area contributed by atoms with Crippen LogP contribution in [-0.4, -0.2) is 50.7 Å². The van der Waals surface area contributed by atoms with Gasteiger partial charge in [0.15, 0.2) is 0 Å². The number of nitrogens with one attached hydrogen (secondary N) is 3. The lowest BCUT2D eigenvalue weighted by Crippen LogP contribution is -2.49. The number of carbonyl (C=O) groups excluding carboxylic acids is 3. The molecule has 1 aliphatic heterocycles. The second-order valence-corrected chi connectivity index (χ2v) is 10.3. The van der Waals surface area contributed by atoms with Gasteiger partial charge in [-0.25, -0.2) is 4.98 Å². The van der Waals surface area contributed by atoms with Gasteiger partial charge in [0.25, 0.3) is 5.91 Å². The third-order valence-electron chi connectivity index (χ3n) is 7.51. The molecule has 0 unspecified atom stereocenters. The van der Waals surface area contributed by atoms with Crippen LogP contribution in [0.25, 0.3) is 0 Å². The Balaban J connectivity index is 1.46. The molecule has 3 amide bonds. The van der Waals surface area contributed by atoms with Gasteiger partial charge < -0.3 is 16.0 Å². The van der Waals surface area contributed by atoms with Crippen molar-refractivity contribution in [2.24, 2.45) is 17.8 Å². The summed E-state index contributed by atoms with van der Waals surface area (Å²) in [5, 5.41) is 11.8. The van der Waals surface area contributed by atoms with Gasteiger partial charge in [0.05, 0.1) is 0 Å². The zero-order valence-electron chi connectivity index (χ0n) is 21.4. The highest BCUT2D eigenvalue weighted by atomic mass is 19.4. The summed E-state index contributed by atoms with van der Waals surface area (Å²) in [4.78, 5) is 42.8. The van der Waals surface area contributed by atoms with E-state index < -0.39 is 41.9 Å². The molecule has 3 atom stereocenters. The Kier molecular flexibility index (Phi) is 8.37. The molecule has 38 heavy (non-hydrogen) atoms. The number of pyridine rings is 1. The molecule has 0 radical (unpaired) electrons. The summed E-state index contributed by atoms with van der Waals surface area (Å²) >= 11 is 0. The van der Waals surface area contributed by atoms with Crippen LogP contribution in [-0.2, 0) is 22.6 Å². The topological polar surface area (TPSA) is 118 Å². The zero-order valence-corrected chi connectivity index (χ0v) is 21.4. The van der Waals surface area contributed by atoms with Crippen molar-refractivity contribution < 1.29 is 27.6 Å². The highest BCUT2D eigenvalue weighted by molar-refractivity contribution is 6.00. The zero-order chi connectivity index (χ0) is 27.4. The standard InChI is InChI=1S/C26H33F3N6O3/c1-3-35-19(9-11-31-35)24(37)34-22(17-6-4-15(2)5-7-17)25(38)33-21-13-16(8-10-30-21)12-18-14-20(26(27,28)29)32-23(18)36/h8-11,13,15,17-18,20,22H,3-7,12,14H2,1-2H3,(H,32,36)(H,34,37)(H,30,33,38)/t15?,17?,18-,20-,22-/m0/s1. The van der Waals surface area contributed by atoms with Crippen molar-refractivity contribution in [1.29, 1.82) is 0 Å². The maximum absolute atomic E-state index is 13.4. The van der Waals surface area contributed by atoms with Crippen molar-refractivity contribution in [3.05, 3.63) is 41.9 Å². The number of halogens is 3. The fourth-order valence-corrected chi connectivity index (χ4v) is 5.30. The fourth-order valence-electron chi connectivity index (χ4n) is 5.30. The van der Waals surface area contributed by atoms with Crippen LogP contribution in [0, 0.1) is 17.8 Å². The number of amides is 3. The number of carbonyl (C=O) groups is 3. The third kappa shape index (κ3) is 6.51. The van der Waals surface area contributed by atoms with E-state index in [2.05, 4.69) is 27.6 Å². The van der Waals surface area contributed by atoms with E-state index in [0.29, 0.717) is 23.7 Å². The Morgan fingerprint density at radius 2 is 1.92 bits per heavy atom. The molecule has 2 aromatic heterocycles. The van der Waals surface area contributed by atoms with E-state index in [9.17, 15) is 27.6 Å². The number of hydrogen-bond acceptors (Lipinski definition) is 5. The van der Waals surface area contributed by atoms with Crippen molar-refractivity contribution in [2.45, 2.75) is 77.2 Å². The van der Waals surface area contributed by atoms with Crippen LogP contribution in [0.5, 0.6) is 0 Å². The van der Waals surface area contributed by atoms with Gasteiger partial charge in [-0.3, -0.25) is 19.1 Å². The second kappa shape index (κ2) is 11.5. The van der Waals surface area contributed by atoms with E-state index in [1.807, 2.05) is 12.2 Å². The molecule has 206 valence electrons. The van der Waals surface area contributed by atoms with Gasteiger partial charge in [-0.15, -0.1) is 0 Å². The van der Waals surface area contributed by atoms with Crippen LogP contribution in [0.1, 0.15) is 62.0 Å². The molecule has 1 saturated carbocycles.